The first-order valence-corrected chi connectivity index (χ1v) is 6.65. The molecule has 2 heterocycles. The topological polar surface area (TPSA) is 55.9 Å². The normalized spacial score (nSPS) is 12.9. The summed E-state index contributed by atoms with van der Waals surface area (Å²) in [6, 6.07) is 4.06. The molecule has 0 fully saturated rings. The molecule has 0 aliphatic carbocycles. The van der Waals surface area contributed by atoms with E-state index in [1.54, 1.807) is 17.5 Å². The van der Waals surface area contributed by atoms with Crippen molar-refractivity contribution in [2.75, 3.05) is 0 Å². The second-order valence-corrected chi connectivity index (χ2v) is 5.20. The number of nitrogens with two attached hydrogens (primary N) is 1. The smallest absolute Gasteiger partial charge is 0.0970 e. The summed E-state index contributed by atoms with van der Waals surface area (Å²) < 4.78 is 3.02. The Hall–Kier alpha value is -0.690. The van der Waals surface area contributed by atoms with Crippen molar-refractivity contribution >= 4 is 27.3 Å². The Morgan fingerprint density at radius 3 is 3.06 bits per heavy atom. The molecule has 16 heavy (non-hydrogen) atoms. The summed E-state index contributed by atoms with van der Waals surface area (Å²) in [5, 5.41) is 6.30. The van der Waals surface area contributed by atoms with Crippen LogP contribution in [0.4, 0.5) is 0 Å². The van der Waals surface area contributed by atoms with Gasteiger partial charge in [0.2, 0.25) is 0 Å². The van der Waals surface area contributed by atoms with Gasteiger partial charge in [0.05, 0.1) is 11.7 Å². The molecule has 0 bridgehead atoms. The fraction of sp³-hybridized carbons (Fsp3) is 0.300. The summed E-state index contributed by atoms with van der Waals surface area (Å²) in [4.78, 5) is 1.17. The first kappa shape index (κ1) is 11.8. The van der Waals surface area contributed by atoms with Crippen molar-refractivity contribution in [2.24, 2.45) is 5.84 Å². The minimum absolute atomic E-state index is 0.00116. The van der Waals surface area contributed by atoms with E-state index in [1.165, 1.54) is 4.88 Å². The molecule has 2 aromatic rings. The lowest BCUT2D eigenvalue weighted by molar-refractivity contribution is 0.548. The number of aryl methyl sites for hydroxylation is 1. The van der Waals surface area contributed by atoms with Gasteiger partial charge in [-0.25, -0.2) is 5.43 Å². The van der Waals surface area contributed by atoms with E-state index in [0.29, 0.717) is 0 Å². The lowest BCUT2D eigenvalue weighted by Crippen LogP contribution is -2.30. The highest BCUT2D eigenvalue weighted by atomic mass is 79.9. The maximum atomic E-state index is 5.63. The molecule has 0 amide bonds. The van der Waals surface area contributed by atoms with Gasteiger partial charge in [0.15, 0.2) is 0 Å². The maximum absolute atomic E-state index is 5.63. The number of nitrogens with one attached hydrogen (secondary N) is 1. The molecule has 0 saturated carbocycles. The molecule has 1 unspecified atom stereocenters. The zero-order chi connectivity index (χ0) is 11.5. The van der Waals surface area contributed by atoms with E-state index < -0.39 is 0 Å². The van der Waals surface area contributed by atoms with Crippen LogP contribution in [0, 0.1) is 0 Å². The summed E-state index contributed by atoms with van der Waals surface area (Å²) in [5.74, 6) is 5.63. The number of halogens is 1. The molecular formula is C10H13BrN4S. The van der Waals surface area contributed by atoms with Gasteiger partial charge >= 0.3 is 0 Å². The molecular weight excluding hydrogens is 288 g/mol. The SMILES string of the molecule is CCn1nccc1C(NN)c1cc(Br)cs1. The highest BCUT2D eigenvalue weighted by Crippen LogP contribution is 2.29. The molecule has 3 N–H and O–H groups in total. The van der Waals surface area contributed by atoms with Crippen LogP contribution in [-0.2, 0) is 6.54 Å². The van der Waals surface area contributed by atoms with Gasteiger partial charge < -0.3 is 0 Å². The van der Waals surface area contributed by atoms with Gasteiger partial charge in [0.25, 0.3) is 0 Å². The zero-order valence-corrected chi connectivity index (χ0v) is 11.3. The quantitative estimate of drug-likeness (QED) is 0.673. The van der Waals surface area contributed by atoms with Gasteiger partial charge in [0, 0.05) is 27.5 Å². The standard InChI is InChI=1S/C10H13BrN4S/c1-2-15-8(3-4-13-15)10(14-12)9-5-7(11)6-16-9/h3-6,10,14H,2,12H2,1H3. The summed E-state index contributed by atoms with van der Waals surface area (Å²) >= 11 is 5.12. The van der Waals surface area contributed by atoms with E-state index in [-0.39, 0.29) is 6.04 Å². The van der Waals surface area contributed by atoms with Gasteiger partial charge in [0.1, 0.15) is 0 Å². The van der Waals surface area contributed by atoms with Crippen molar-refractivity contribution in [2.45, 2.75) is 19.5 Å². The first-order valence-electron chi connectivity index (χ1n) is 4.98. The van der Waals surface area contributed by atoms with Gasteiger partial charge in [-0.05, 0) is 35.0 Å². The van der Waals surface area contributed by atoms with Crippen molar-refractivity contribution in [1.82, 2.24) is 15.2 Å². The van der Waals surface area contributed by atoms with Crippen LogP contribution in [0.1, 0.15) is 23.5 Å². The number of nitrogens with zero attached hydrogens (tertiary/aromatic N) is 2. The highest BCUT2D eigenvalue weighted by Gasteiger charge is 2.17. The fourth-order valence-electron chi connectivity index (χ4n) is 1.65. The van der Waals surface area contributed by atoms with Gasteiger partial charge in [-0.2, -0.15) is 5.10 Å². The molecule has 1 atom stereocenters. The summed E-state index contributed by atoms with van der Waals surface area (Å²) in [6.07, 6.45) is 1.80. The number of thiophene rings is 1. The molecule has 0 radical (unpaired) electrons. The zero-order valence-electron chi connectivity index (χ0n) is 8.85. The second kappa shape index (κ2) is 5.09. The third-order valence-electron chi connectivity index (χ3n) is 2.38. The molecule has 6 heteroatoms. The average molecular weight is 301 g/mol. The molecule has 0 spiro atoms. The van der Waals surface area contributed by atoms with E-state index in [9.17, 15) is 0 Å². The Kier molecular flexibility index (Phi) is 3.75. The Morgan fingerprint density at radius 1 is 1.69 bits per heavy atom. The van der Waals surface area contributed by atoms with E-state index >= 15 is 0 Å². The molecule has 86 valence electrons. The largest absolute Gasteiger partial charge is 0.270 e. The number of rotatable bonds is 4. The fourth-order valence-corrected chi connectivity index (χ4v) is 3.16. The predicted octanol–water partition coefficient (Wildman–Crippen LogP) is 2.28. The average Bonchev–Trinajstić information content (AvgIpc) is 2.89. The van der Waals surface area contributed by atoms with Crippen LogP contribution in [0.25, 0.3) is 0 Å². The Morgan fingerprint density at radius 2 is 2.50 bits per heavy atom. The van der Waals surface area contributed by atoms with E-state index in [0.717, 1.165) is 16.7 Å². The molecule has 0 aliphatic rings. The van der Waals surface area contributed by atoms with Crippen LogP contribution in [0.3, 0.4) is 0 Å². The van der Waals surface area contributed by atoms with Crippen LogP contribution in [0.5, 0.6) is 0 Å². The molecule has 0 aliphatic heterocycles. The Bertz CT molecular complexity index is 465. The lowest BCUT2D eigenvalue weighted by Gasteiger charge is -2.15. The van der Waals surface area contributed by atoms with E-state index in [1.807, 2.05) is 16.1 Å². The second-order valence-electron chi connectivity index (χ2n) is 3.34. The van der Waals surface area contributed by atoms with Gasteiger partial charge in [-0.15, -0.1) is 11.3 Å². The molecule has 4 nitrogen and oxygen atoms in total. The third kappa shape index (κ3) is 2.20. The van der Waals surface area contributed by atoms with E-state index in [4.69, 9.17) is 5.84 Å². The minimum atomic E-state index is -0.00116. The lowest BCUT2D eigenvalue weighted by atomic mass is 10.2. The highest BCUT2D eigenvalue weighted by molar-refractivity contribution is 9.10. The molecule has 2 aromatic heterocycles. The summed E-state index contributed by atoms with van der Waals surface area (Å²) in [6.45, 7) is 2.90. The van der Waals surface area contributed by atoms with Crippen molar-refractivity contribution in [3.05, 3.63) is 38.8 Å². The van der Waals surface area contributed by atoms with Gasteiger partial charge in [-0.3, -0.25) is 10.5 Å². The van der Waals surface area contributed by atoms with Crippen molar-refractivity contribution in [3.8, 4) is 0 Å². The van der Waals surface area contributed by atoms with Crippen LogP contribution < -0.4 is 11.3 Å². The Labute approximate surface area is 107 Å². The van der Waals surface area contributed by atoms with Crippen molar-refractivity contribution in [1.29, 1.82) is 0 Å². The van der Waals surface area contributed by atoms with E-state index in [2.05, 4.69) is 39.4 Å². The number of hydrogen-bond acceptors (Lipinski definition) is 4. The molecule has 2 rings (SSSR count). The summed E-state index contributed by atoms with van der Waals surface area (Å²) in [5.41, 5.74) is 3.92. The molecule has 0 saturated heterocycles. The van der Waals surface area contributed by atoms with Crippen LogP contribution in [0.15, 0.2) is 28.2 Å². The monoisotopic (exact) mass is 300 g/mol. The van der Waals surface area contributed by atoms with Gasteiger partial charge in [-0.1, -0.05) is 0 Å². The van der Waals surface area contributed by atoms with Crippen LogP contribution in [-0.4, -0.2) is 9.78 Å². The first-order chi connectivity index (χ1) is 7.76. The Balaban J connectivity index is 2.36. The number of hydrogen-bond donors (Lipinski definition) is 2. The predicted molar refractivity (Wildman–Crippen MR) is 69.1 cm³/mol. The third-order valence-corrected chi connectivity index (χ3v) is 4.14. The van der Waals surface area contributed by atoms with Crippen LogP contribution in [0.2, 0.25) is 0 Å². The van der Waals surface area contributed by atoms with Crippen molar-refractivity contribution in [3.63, 3.8) is 0 Å². The molecule has 0 aromatic carbocycles. The minimum Gasteiger partial charge on any atom is -0.270 e. The van der Waals surface area contributed by atoms with Crippen molar-refractivity contribution < 1.29 is 0 Å². The van der Waals surface area contributed by atoms with Crippen LogP contribution >= 0.6 is 27.3 Å². The number of aromatic nitrogens is 2. The maximum Gasteiger partial charge on any atom is 0.0970 e. The summed E-state index contributed by atoms with van der Waals surface area (Å²) in [7, 11) is 0. The number of hydrazine groups is 1.